The van der Waals surface area contributed by atoms with Gasteiger partial charge < -0.3 is 15.4 Å². The second-order valence-corrected chi connectivity index (χ2v) is 3.02. The Hall–Kier alpha value is -1.10. The van der Waals surface area contributed by atoms with Gasteiger partial charge in [0, 0.05) is 6.54 Å². The number of esters is 1. The molecule has 5 heteroatoms. The molecule has 0 saturated carbocycles. The van der Waals surface area contributed by atoms with Crippen LogP contribution in [0.1, 0.15) is 12.8 Å². The van der Waals surface area contributed by atoms with Crippen molar-refractivity contribution in [3.05, 3.63) is 0 Å². The van der Waals surface area contributed by atoms with Crippen LogP contribution in [-0.4, -0.2) is 43.0 Å². The highest BCUT2D eigenvalue weighted by Gasteiger charge is 2.34. The molecular formula is C8H15N2O3+. The molecule has 1 saturated heterocycles. The van der Waals surface area contributed by atoms with Crippen LogP contribution in [0.15, 0.2) is 0 Å². The predicted octanol–water partition coefficient (Wildman–Crippen LogP) is -1.61. The summed E-state index contributed by atoms with van der Waals surface area (Å²) in [5, 5.41) is 0. The van der Waals surface area contributed by atoms with Crippen LogP contribution in [-0.2, 0) is 14.3 Å². The molecule has 0 aliphatic carbocycles. The fraction of sp³-hybridized carbons (Fsp3) is 0.750. The smallest absolute Gasteiger partial charge is 0.328 e. The van der Waals surface area contributed by atoms with E-state index in [-0.39, 0.29) is 24.5 Å². The number of ether oxygens (including phenoxy) is 1. The van der Waals surface area contributed by atoms with Gasteiger partial charge in [-0.15, -0.1) is 0 Å². The maximum atomic E-state index is 11.3. The highest BCUT2D eigenvalue weighted by molar-refractivity contribution is 5.85. The van der Waals surface area contributed by atoms with Gasteiger partial charge in [-0.05, 0) is 12.8 Å². The lowest BCUT2D eigenvalue weighted by molar-refractivity contribution is -0.357. The average molecular weight is 187 g/mol. The molecule has 3 N–H and O–H groups in total. The van der Waals surface area contributed by atoms with Crippen molar-refractivity contribution in [3.8, 4) is 0 Å². The van der Waals surface area contributed by atoms with Crippen molar-refractivity contribution in [1.29, 1.82) is 0 Å². The molecule has 1 aliphatic heterocycles. The predicted molar refractivity (Wildman–Crippen MR) is 44.5 cm³/mol. The first-order chi connectivity index (χ1) is 6.20. The molecule has 1 rings (SSSR count). The Morgan fingerprint density at radius 3 is 2.85 bits per heavy atom. The molecule has 0 aromatic heterocycles. The first kappa shape index (κ1) is 9.98. The van der Waals surface area contributed by atoms with E-state index >= 15 is 0 Å². The van der Waals surface area contributed by atoms with Gasteiger partial charge in [-0.3, -0.25) is 4.79 Å². The van der Waals surface area contributed by atoms with E-state index in [4.69, 9.17) is 0 Å². The van der Waals surface area contributed by atoms with Gasteiger partial charge in [0.15, 0.2) is 6.54 Å². The van der Waals surface area contributed by atoms with Gasteiger partial charge in [-0.2, -0.15) is 0 Å². The summed E-state index contributed by atoms with van der Waals surface area (Å²) in [5.41, 5.74) is 3.51. The van der Waals surface area contributed by atoms with Gasteiger partial charge >= 0.3 is 5.97 Å². The van der Waals surface area contributed by atoms with Gasteiger partial charge in [0.25, 0.3) is 5.91 Å². The van der Waals surface area contributed by atoms with Gasteiger partial charge in [0.2, 0.25) is 0 Å². The van der Waals surface area contributed by atoms with Crippen LogP contribution < -0.4 is 5.73 Å². The zero-order valence-corrected chi connectivity index (χ0v) is 7.78. The van der Waals surface area contributed by atoms with Crippen molar-refractivity contribution in [2.24, 2.45) is 0 Å². The Labute approximate surface area is 76.8 Å². The molecule has 1 heterocycles. The number of nitrogens with zero attached hydrogens (tertiary/aromatic N) is 1. The topological polar surface area (TPSA) is 74.2 Å². The Kier molecular flexibility index (Phi) is 3.25. The molecule has 0 bridgehead atoms. The number of carbonyl (C=O) groups is 2. The van der Waals surface area contributed by atoms with Crippen molar-refractivity contribution >= 4 is 11.9 Å². The SMILES string of the molecule is COC(=O)C1CCCN1C(=O)C[NH3+]. The molecule has 5 nitrogen and oxygen atoms in total. The third kappa shape index (κ3) is 1.98. The minimum absolute atomic E-state index is 0.0760. The number of hydrogen-bond donors (Lipinski definition) is 1. The summed E-state index contributed by atoms with van der Waals surface area (Å²) in [6.45, 7) is 0.849. The maximum absolute atomic E-state index is 11.3. The first-order valence-corrected chi connectivity index (χ1v) is 4.37. The number of hydrogen-bond acceptors (Lipinski definition) is 3. The molecule has 0 aromatic carbocycles. The van der Waals surface area contributed by atoms with Crippen LogP contribution in [0.3, 0.4) is 0 Å². The van der Waals surface area contributed by atoms with E-state index in [0.29, 0.717) is 13.0 Å². The van der Waals surface area contributed by atoms with E-state index in [2.05, 4.69) is 10.5 Å². The van der Waals surface area contributed by atoms with Crippen molar-refractivity contribution < 1.29 is 20.1 Å². The summed E-state index contributed by atoms with van der Waals surface area (Å²) in [7, 11) is 1.34. The van der Waals surface area contributed by atoms with Crippen LogP contribution in [0.5, 0.6) is 0 Å². The number of likely N-dealkylation sites (tertiary alicyclic amines) is 1. The number of carbonyl (C=O) groups excluding carboxylic acids is 2. The average Bonchev–Trinajstić information content (AvgIpc) is 2.63. The minimum atomic E-state index is -0.376. The van der Waals surface area contributed by atoms with Crippen molar-refractivity contribution in [1.82, 2.24) is 4.90 Å². The molecule has 1 amide bonds. The third-order valence-electron chi connectivity index (χ3n) is 2.26. The van der Waals surface area contributed by atoms with Crippen LogP contribution in [0.4, 0.5) is 0 Å². The highest BCUT2D eigenvalue weighted by Crippen LogP contribution is 2.17. The quantitative estimate of drug-likeness (QED) is 0.529. The summed E-state index contributed by atoms with van der Waals surface area (Å²) < 4.78 is 4.61. The highest BCUT2D eigenvalue weighted by atomic mass is 16.5. The second kappa shape index (κ2) is 4.23. The number of amides is 1. The van der Waals surface area contributed by atoms with Crippen molar-refractivity contribution in [3.63, 3.8) is 0 Å². The summed E-state index contributed by atoms with van der Waals surface area (Å²) in [4.78, 5) is 24.1. The second-order valence-electron chi connectivity index (χ2n) is 3.02. The Morgan fingerprint density at radius 1 is 1.62 bits per heavy atom. The lowest BCUT2D eigenvalue weighted by atomic mass is 10.2. The van der Waals surface area contributed by atoms with E-state index in [0.717, 1.165) is 6.42 Å². The number of methoxy groups -OCH3 is 1. The molecule has 1 fully saturated rings. The van der Waals surface area contributed by atoms with E-state index in [1.165, 1.54) is 7.11 Å². The minimum Gasteiger partial charge on any atom is -0.467 e. The molecule has 13 heavy (non-hydrogen) atoms. The lowest BCUT2D eigenvalue weighted by Crippen LogP contribution is -2.59. The zero-order chi connectivity index (χ0) is 9.84. The lowest BCUT2D eigenvalue weighted by Gasteiger charge is -2.20. The number of rotatable bonds is 2. The summed E-state index contributed by atoms with van der Waals surface area (Å²) in [6.07, 6.45) is 1.57. The summed E-state index contributed by atoms with van der Waals surface area (Å²) in [6, 6.07) is -0.376. The van der Waals surface area contributed by atoms with Crippen molar-refractivity contribution in [2.75, 3.05) is 20.2 Å². The van der Waals surface area contributed by atoms with E-state index in [1.54, 1.807) is 4.90 Å². The summed E-state index contributed by atoms with van der Waals surface area (Å²) in [5.74, 6) is -0.396. The Balaban J connectivity index is 2.63. The molecule has 1 atom stereocenters. The van der Waals surface area contributed by atoms with Crippen LogP contribution in [0.2, 0.25) is 0 Å². The molecule has 1 unspecified atom stereocenters. The van der Waals surface area contributed by atoms with Gasteiger partial charge in [-0.25, -0.2) is 4.79 Å². The Morgan fingerprint density at radius 2 is 2.31 bits per heavy atom. The molecular weight excluding hydrogens is 172 g/mol. The van der Waals surface area contributed by atoms with E-state index in [1.807, 2.05) is 0 Å². The first-order valence-electron chi connectivity index (χ1n) is 4.37. The molecule has 1 aliphatic rings. The fourth-order valence-electron chi connectivity index (χ4n) is 1.59. The zero-order valence-electron chi connectivity index (χ0n) is 7.78. The molecule has 74 valence electrons. The summed E-state index contributed by atoms with van der Waals surface area (Å²) >= 11 is 0. The third-order valence-corrected chi connectivity index (χ3v) is 2.26. The number of quaternary nitrogens is 1. The van der Waals surface area contributed by atoms with Crippen LogP contribution in [0, 0.1) is 0 Å². The van der Waals surface area contributed by atoms with Crippen LogP contribution >= 0.6 is 0 Å². The Bertz CT molecular complexity index is 195. The largest absolute Gasteiger partial charge is 0.467 e. The van der Waals surface area contributed by atoms with E-state index in [9.17, 15) is 9.59 Å². The van der Waals surface area contributed by atoms with Gasteiger partial charge in [-0.1, -0.05) is 0 Å². The van der Waals surface area contributed by atoms with Gasteiger partial charge in [0.1, 0.15) is 6.04 Å². The standard InChI is InChI=1S/C8H14N2O3/c1-13-8(12)6-3-2-4-10(6)7(11)5-9/h6H,2-5,9H2,1H3/p+1. The monoisotopic (exact) mass is 187 g/mol. The van der Waals surface area contributed by atoms with Crippen LogP contribution in [0.25, 0.3) is 0 Å². The fourth-order valence-corrected chi connectivity index (χ4v) is 1.59. The molecule has 0 aromatic rings. The normalized spacial score (nSPS) is 21.7. The van der Waals surface area contributed by atoms with Crippen molar-refractivity contribution in [2.45, 2.75) is 18.9 Å². The molecule has 0 spiro atoms. The molecule has 0 radical (unpaired) electrons. The maximum Gasteiger partial charge on any atom is 0.328 e. The van der Waals surface area contributed by atoms with E-state index < -0.39 is 0 Å². The van der Waals surface area contributed by atoms with Gasteiger partial charge in [0.05, 0.1) is 7.11 Å².